The van der Waals surface area contributed by atoms with Gasteiger partial charge in [-0.1, -0.05) is 23.7 Å². The Bertz CT molecular complexity index is 388. The molecule has 1 unspecified atom stereocenters. The van der Waals surface area contributed by atoms with E-state index in [1.807, 2.05) is 39.8 Å². The molecule has 0 aliphatic heterocycles. The predicted octanol–water partition coefficient (Wildman–Crippen LogP) is 2.84. The molecule has 0 heterocycles. The number of hydrazine groups is 1. The molecular weight excluding hydrogens is 248 g/mol. The zero-order valence-corrected chi connectivity index (χ0v) is 12.3. The van der Waals surface area contributed by atoms with Crippen molar-refractivity contribution in [3.63, 3.8) is 0 Å². The van der Waals surface area contributed by atoms with E-state index < -0.39 is 0 Å². The number of halogens is 1. The van der Waals surface area contributed by atoms with E-state index in [9.17, 15) is 0 Å². The van der Waals surface area contributed by atoms with Gasteiger partial charge in [-0.05, 0) is 51.3 Å². The van der Waals surface area contributed by atoms with Gasteiger partial charge in [0.25, 0.3) is 0 Å². The first-order valence-corrected chi connectivity index (χ1v) is 6.55. The van der Waals surface area contributed by atoms with E-state index in [2.05, 4.69) is 11.5 Å². The minimum atomic E-state index is -0.161. The fourth-order valence-electron chi connectivity index (χ4n) is 1.60. The number of rotatable bonds is 5. The molecule has 3 N–H and O–H groups in total. The molecule has 1 atom stereocenters. The average Bonchev–Trinajstić information content (AvgIpc) is 2.25. The van der Waals surface area contributed by atoms with Crippen LogP contribution in [0, 0.1) is 6.92 Å². The molecule has 4 heteroatoms. The third-order valence-corrected chi connectivity index (χ3v) is 2.98. The van der Waals surface area contributed by atoms with E-state index in [-0.39, 0.29) is 11.6 Å². The van der Waals surface area contributed by atoms with Gasteiger partial charge in [0.1, 0.15) is 0 Å². The van der Waals surface area contributed by atoms with Crippen molar-refractivity contribution in [2.45, 2.75) is 45.8 Å². The highest BCUT2D eigenvalue weighted by Gasteiger charge is 2.16. The van der Waals surface area contributed by atoms with Crippen LogP contribution in [0.15, 0.2) is 18.2 Å². The Morgan fingerprint density at radius 3 is 2.56 bits per heavy atom. The van der Waals surface area contributed by atoms with Crippen LogP contribution in [0.25, 0.3) is 0 Å². The number of hydrogen-bond acceptors (Lipinski definition) is 3. The maximum atomic E-state index is 6.21. The number of ether oxygens (including phenoxy) is 1. The zero-order chi connectivity index (χ0) is 13.8. The number of aryl methyl sites for hydroxylation is 1. The minimum absolute atomic E-state index is 0.0597. The van der Waals surface area contributed by atoms with Crippen LogP contribution in [0.4, 0.5) is 0 Å². The number of hydrogen-bond donors (Lipinski definition) is 2. The second-order valence-corrected chi connectivity index (χ2v) is 5.99. The highest BCUT2D eigenvalue weighted by molar-refractivity contribution is 6.31. The average molecular weight is 271 g/mol. The Morgan fingerprint density at radius 2 is 2.06 bits per heavy atom. The van der Waals surface area contributed by atoms with Crippen molar-refractivity contribution < 1.29 is 4.74 Å². The third kappa shape index (κ3) is 5.36. The first-order valence-electron chi connectivity index (χ1n) is 6.17. The van der Waals surface area contributed by atoms with Crippen molar-refractivity contribution >= 4 is 11.6 Å². The van der Waals surface area contributed by atoms with E-state index in [4.69, 9.17) is 22.2 Å². The summed E-state index contributed by atoms with van der Waals surface area (Å²) in [5.41, 5.74) is 4.87. The van der Waals surface area contributed by atoms with Crippen LogP contribution in [-0.4, -0.2) is 18.2 Å². The van der Waals surface area contributed by atoms with Gasteiger partial charge in [-0.2, -0.15) is 0 Å². The molecule has 18 heavy (non-hydrogen) atoms. The molecule has 0 aliphatic rings. The molecule has 102 valence electrons. The Morgan fingerprint density at radius 1 is 1.39 bits per heavy atom. The third-order valence-electron chi connectivity index (χ3n) is 2.63. The minimum Gasteiger partial charge on any atom is -0.374 e. The van der Waals surface area contributed by atoms with Crippen LogP contribution in [-0.2, 0) is 11.2 Å². The molecule has 0 aliphatic carbocycles. The molecule has 0 fully saturated rings. The summed E-state index contributed by atoms with van der Waals surface area (Å²) in [5.74, 6) is 5.56. The van der Waals surface area contributed by atoms with Gasteiger partial charge >= 0.3 is 0 Å². The van der Waals surface area contributed by atoms with E-state index in [1.54, 1.807) is 0 Å². The van der Waals surface area contributed by atoms with E-state index in [1.165, 1.54) is 0 Å². The van der Waals surface area contributed by atoms with Gasteiger partial charge in [-0.15, -0.1) is 0 Å². The Kier molecular flexibility index (Phi) is 5.60. The molecule has 0 bridgehead atoms. The van der Waals surface area contributed by atoms with Crippen molar-refractivity contribution in [3.8, 4) is 0 Å². The summed E-state index contributed by atoms with van der Waals surface area (Å²) in [6, 6.07) is 6.12. The molecule has 1 rings (SSSR count). The monoisotopic (exact) mass is 270 g/mol. The van der Waals surface area contributed by atoms with Crippen molar-refractivity contribution in [2.24, 2.45) is 5.84 Å². The molecule has 0 saturated carbocycles. The first-order chi connectivity index (χ1) is 8.31. The standard InChI is InChI=1S/C14H23ClN2O/c1-10-5-6-11(13(15)7-10)8-12(17-16)9-18-14(2,3)4/h5-7,12,17H,8-9,16H2,1-4H3. The lowest BCUT2D eigenvalue weighted by Gasteiger charge is -2.24. The lowest BCUT2D eigenvalue weighted by Crippen LogP contribution is -2.42. The Labute approximate surface area is 115 Å². The van der Waals surface area contributed by atoms with E-state index in [0.717, 1.165) is 22.6 Å². The van der Waals surface area contributed by atoms with Gasteiger partial charge in [-0.3, -0.25) is 11.3 Å². The van der Waals surface area contributed by atoms with Crippen molar-refractivity contribution in [1.29, 1.82) is 0 Å². The molecule has 1 aromatic carbocycles. The summed E-state index contributed by atoms with van der Waals surface area (Å²) in [6.07, 6.45) is 0.756. The van der Waals surface area contributed by atoms with Gasteiger partial charge in [0.2, 0.25) is 0 Å². The normalized spacial score (nSPS) is 13.7. The highest BCUT2D eigenvalue weighted by Crippen LogP contribution is 2.19. The van der Waals surface area contributed by atoms with Crippen molar-refractivity contribution in [1.82, 2.24) is 5.43 Å². The second kappa shape index (κ2) is 6.53. The van der Waals surface area contributed by atoms with Crippen LogP contribution in [0.3, 0.4) is 0 Å². The van der Waals surface area contributed by atoms with Gasteiger partial charge < -0.3 is 4.74 Å². The van der Waals surface area contributed by atoms with Crippen LogP contribution in [0.2, 0.25) is 5.02 Å². The fraction of sp³-hybridized carbons (Fsp3) is 0.571. The van der Waals surface area contributed by atoms with Gasteiger partial charge in [-0.25, -0.2) is 0 Å². The van der Waals surface area contributed by atoms with Crippen molar-refractivity contribution in [3.05, 3.63) is 34.3 Å². The van der Waals surface area contributed by atoms with Crippen LogP contribution in [0.1, 0.15) is 31.9 Å². The summed E-state index contributed by atoms with van der Waals surface area (Å²) >= 11 is 6.21. The molecule has 1 aromatic rings. The summed E-state index contributed by atoms with van der Waals surface area (Å²) in [7, 11) is 0. The largest absolute Gasteiger partial charge is 0.374 e. The molecule has 0 aromatic heterocycles. The lowest BCUT2D eigenvalue weighted by atomic mass is 10.0. The summed E-state index contributed by atoms with van der Waals surface area (Å²) in [6.45, 7) is 8.67. The maximum absolute atomic E-state index is 6.21. The quantitative estimate of drug-likeness (QED) is 0.639. The Balaban J connectivity index is 2.62. The fourth-order valence-corrected chi connectivity index (χ4v) is 1.91. The van der Waals surface area contributed by atoms with Crippen LogP contribution < -0.4 is 11.3 Å². The number of nitrogens with one attached hydrogen (secondary N) is 1. The topological polar surface area (TPSA) is 47.3 Å². The molecular formula is C14H23ClN2O. The summed E-state index contributed by atoms with van der Waals surface area (Å²) in [4.78, 5) is 0. The summed E-state index contributed by atoms with van der Waals surface area (Å²) in [5, 5.41) is 0.783. The number of benzene rings is 1. The highest BCUT2D eigenvalue weighted by atomic mass is 35.5. The van der Waals surface area contributed by atoms with Crippen molar-refractivity contribution in [2.75, 3.05) is 6.61 Å². The van der Waals surface area contributed by atoms with Crippen LogP contribution >= 0.6 is 11.6 Å². The molecule has 0 spiro atoms. The lowest BCUT2D eigenvalue weighted by molar-refractivity contribution is -0.0143. The molecule has 0 saturated heterocycles. The SMILES string of the molecule is Cc1ccc(CC(COC(C)(C)C)NN)c(Cl)c1. The zero-order valence-electron chi connectivity index (χ0n) is 11.6. The smallest absolute Gasteiger partial charge is 0.0643 e. The van der Waals surface area contributed by atoms with Gasteiger partial charge in [0.05, 0.1) is 12.2 Å². The molecule has 3 nitrogen and oxygen atoms in total. The number of nitrogens with two attached hydrogens (primary N) is 1. The first kappa shape index (κ1) is 15.4. The van der Waals surface area contributed by atoms with E-state index in [0.29, 0.717) is 6.61 Å². The maximum Gasteiger partial charge on any atom is 0.0643 e. The Hall–Kier alpha value is -0.610. The molecule has 0 radical (unpaired) electrons. The van der Waals surface area contributed by atoms with Crippen LogP contribution in [0.5, 0.6) is 0 Å². The summed E-state index contributed by atoms with van der Waals surface area (Å²) < 4.78 is 5.73. The van der Waals surface area contributed by atoms with Gasteiger partial charge in [0.15, 0.2) is 0 Å². The second-order valence-electron chi connectivity index (χ2n) is 5.59. The van der Waals surface area contributed by atoms with E-state index >= 15 is 0 Å². The molecule has 0 amide bonds. The predicted molar refractivity (Wildman–Crippen MR) is 76.7 cm³/mol. The van der Waals surface area contributed by atoms with Gasteiger partial charge in [0, 0.05) is 11.1 Å².